The summed E-state index contributed by atoms with van der Waals surface area (Å²) in [6, 6.07) is 13.8. The van der Waals surface area contributed by atoms with Crippen molar-refractivity contribution in [1.82, 2.24) is 9.47 Å². The Hall–Kier alpha value is -2.60. The van der Waals surface area contributed by atoms with Gasteiger partial charge in [0.25, 0.3) is 0 Å². The highest BCUT2D eigenvalue weighted by Gasteiger charge is 2.33. The van der Waals surface area contributed by atoms with Crippen LogP contribution in [0.25, 0.3) is 0 Å². The van der Waals surface area contributed by atoms with Crippen LogP contribution in [0, 0.1) is 5.82 Å². The van der Waals surface area contributed by atoms with Crippen LogP contribution in [0.15, 0.2) is 60.1 Å². The lowest BCUT2D eigenvalue weighted by atomic mass is 10.1. The Morgan fingerprint density at radius 2 is 2.00 bits per heavy atom. The molecule has 1 aliphatic heterocycles. The molecular formula is C18H16FN3OS. The molecule has 1 aliphatic rings. The van der Waals surface area contributed by atoms with Crippen molar-refractivity contribution in [2.75, 3.05) is 11.9 Å². The number of para-hydroxylation sites is 1. The molecule has 0 aliphatic carbocycles. The number of hydrogen-bond acceptors (Lipinski definition) is 2. The van der Waals surface area contributed by atoms with Gasteiger partial charge in [0.05, 0.1) is 5.69 Å². The summed E-state index contributed by atoms with van der Waals surface area (Å²) in [7, 11) is 0. The van der Waals surface area contributed by atoms with E-state index in [4.69, 9.17) is 0 Å². The lowest BCUT2D eigenvalue weighted by Gasteiger charge is -2.36. The van der Waals surface area contributed by atoms with Crippen molar-refractivity contribution < 1.29 is 9.18 Å². The van der Waals surface area contributed by atoms with Gasteiger partial charge in [-0.2, -0.15) is 0 Å². The first-order chi connectivity index (χ1) is 11.7. The molecule has 0 spiro atoms. The van der Waals surface area contributed by atoms with Crippen molar-refractivity contribution in [3.8, 4) is 0 Å². The molecule has 0 bridgehead atoms. The van der Waals surface area contributed by atoms with Gasteiger partial charge in [-0.1, -0.05) is 18.2 Å². The molecule has 0 saturated carbocycles. The van der Waals surface area contributed by atoms with E-state index in [0.29, 0.717) is 6.54 Å². The molecule has 122 valence electrons. The van der Waals surface area contributed by atoms with Crippen molar-refractivity contribution in [2.24, 2.45) is 0 Å². The fraction of sp³-hybridized carbons (Fsp3) is 0.167. The maximum Gasteiger partial charge on any atom is 0.322 e. The molecule has 0 unspecified atom stereocenters. The molecule has 6 heteroatoms. The predicted molar refractivity (Wildman–Crippen MR) is 92.7 cm³/mol. The standard InChI is InChI=1S/C18H16FN3OS/c19-13-5-1-2-6-14(13)20-18(23)22-11-10-21-9-3-7-15(21)17(22)16-8-4-12-24-16/h1-9,12,17H,10-11H2,(H,20,23)/t17-/m1/s1. The number of carbonyl (C=O) groups is 1. The first-order valence-corrected chi connectivity index (χ1v) is 8.62. The van der Waals surface area contributed by atoms with Gasteiger partial charge in [0, 0.05) is 29.9 Å². The van der Waals surface area contributed by atoms with E-state index in [0.717, 1.165) is 17.1 Å². The molecule has 1 aromatic carbocycles. The zero-order chi connectivity index (χ0) is 16.5. The first kappa shape index (κ1) is 15.0. The SMILES string of the molecule is O=C(Nc1ccccc1F)N1CCn2cccc2[C@@H]1c1cccs1. The number of amides is 2. The number of carbonyl (C=O) groups excluding carboxylic acids is 1. The maximum absolute atomic E-state index is 13.8. The Labute approximate surface area is 143 Å². The summed E-state index contributed by atoms with van der Waals surface area (Å²) in [6.45, 7) is 1.30. The molecule has 4 nitrogen and oxygen atoms in total. The third kappa shape index (κ3) is 2.59. The zero-order valence-corrected chi connectivity index (χ0v) is 13.7. The summed E-state index contributed by atoms with van der Waals surface area (Å²) < 4.78 is 16.0. The van der Waals surface area contributed by atoms with Gasteiger partial charge in [-0.25, -0.2) is 9.18 Å². The Kier molecular flexibility index (Phi) is 3.82. The molecule has 4 rings (SSSR count). The number of anilines is 1. The van der Waals surface area contributed by atoms with Crippen LogP contribution >= 0.6 is 11.3 Å². The van der Waals surface area contributed by atoms with Crippen LogP contribution in [-0.2, 0) is 6.54 Å². The van der Waals surface area contributed by atoms with E-state index >= 15 is 0 Å². The number of nitrogens with one attached hydrogen (secondary N) is 1. The molecule has 1 N–H and O–H groups in total. The predicted octanol–water partition coefficient (Wildman–Crippen LogP) is 4.33. The van der Waals surface area contributed by atoms with E-state index in [9.17, 15) is 9.18 Å². The summed E-state index contributed by atoms with van der Waals surface area (Å²) >= 11 is 1.62. The number of halogens is 1. The smallest absolute Gasteiger partial charge is 0.322 e. The molecule has 3 aromatic rings. The number of aromatic nitrogens is 1. The van der Waals surface area contributed by atoms with Gasteiger partial charge in [-0.15, -0.1) is 11.3 Å². The third-order valence-electron chi connectivity index (χ3n) is 4.23. The lowest BCUT2D eigenvalue weighted by Crippen LogP contribution is -2.44. The van der Waals surface area contributed by atoms with Crippen LogP contribution in [0.1, 0.15) is 16.6 Å². The van der Waals surface area contributed by atoms with Crippen LogP contribution in [-0.4, -0.2) is 22.0 Å². The van der Waals surface area contributed by atoms with Gasteiger partial charge < -0.3 is 14.8 Å². The van der Waals surface area contributed by atoms with Gasteiger partial charge >= 0.3 is 6.03 Å². The van der Waals surface area contributed by atoms with Crippen molar-refractivity contribution in [3.05, 3.63) is 76.5 Å². The normalized spacial score (nSPS) is 16.7. The second-order valence-electron chi connectivity index (χ2n) is 5.65. The summed E-state index contributed by atoms with van der Waals surface area (Å²) in [5.41, 5.74) is 1.28. The lowest BCUT2D eigenvalue weighted by molar-refractivity contribution is 0.183. The third-order valence-corrected chi connectivity index (χ3v) is 5.15. The van der Waals surface area contributed by atoms with Crippen LogP contribution < -0.4 is 5.32 Å². The van der Waals surface area contributed by atoms with Crippen molar-refractivity contribution in [1.29, 1.82) is 0 Å². The summed E-state index contributed by atoms with van der Waals surface area (Å²) in [4.78, 5) is 15.7. The van der Waals surface area contributed by atoms with E-state index in [1.54, 1.807) is 34.4 Å². The second kappa shape index (κ2) is 6.13. The van der Waals surface area contributed by atoms with Gasteiger partial charge in [0.1, 0.15) is 11.9 Å². The number of fused-ring (bicyclic) bond motifs is 1. The van der Waals surface area contributed by atoms with Crippen molar-refractivity contribution in [2.45, 2.75) is 12.6 Å². The Morgan fingerprint density at radius 3 is 2.79 bits per heavy atom. The summed E-state index contributed by atoms with van der Waals surface area (Å²) in [5.74, 6) is -0.432. The Bertz CT molecular complexity index is 859. The Balaban J connectivity index is 1.66. The van der Waals surface area contributed by atoms with E-state index in [2.05, 4.69) is 9.88 Å². The minimum atomic E-state index is -0.432. The number of rotatable bonds is 2. The minimum absolute atomic E-state index is 0.152. The quantitative estimate of drug-likeness (QED) is 0.740. The molecule has 1 atom stereocenters. The second-order valence-corrected chi connectivity index (χ2v) is 6.63. The average molecular weight is 341 g/mol. The molecule has 2 amide bonds. The molecule has 24 heavy (non-hydrogen) atoms. The molecule has 2 aromatic heterocycles. The summed E-state index contributed by atoms with van der Waals surface area (Å²) in [6.07, 6.45) is 2.03. The largest absolute Gasteiger partial charge is 0.347 e. The molecule has 0 fully saturated rings. The number of benzene rings is 1. The van der Waals surface area contributed by atoms with E-state index < -0.39 is 5.82 Å². The Morgan fingerprint density at radius 1 is 1.12 bits per heavy atom. The van der Waals surface area contributed by atoms with Crippen LogP contribution in [0.5, 0.6) is 0 Å². The van der Waals surface area contributed by atoms with Gasteiger partial charge in [0.2, 0.25) is 0 Å². The van der Waals surface area contributed by atoms with Crippen LogP contribution in [0.2, 0.25) is 0 Å². The monoisotopic (exact) mass is 341 g/mol. The number of nitrogens with zero attached hydrogens (tertiary/aromatic N) is 2. The highest BCUT2D eigenvalue weighted by atomic mass is 32.1. The fourth-order valence-electron chi connectivity index (χ4n) is 3.10. The van der Waals surface area contributed by atoms with Crippen LogP contribution in [0.3, 0.4) is 0 Å². The maximum atomic E-state index is 13.8. The van der Waals surface area contributed by atoms with Crippen LogP contribution in [0.4, 0.5) is 14.9 Å². The molecular weight excluding hydrogens is 325 g/mol. The van der Waals surface area contributed by atoms with Gasteiger partial charge in [-0.3, -0.25) is 0 Å². The zero-order valence-electron chi connectivity index (χ0n) is 12.9. The van der Waals surface area contributed by atoms with Crippen molar-refractivity contribution >= 4 is 23.1 Å². The highest BCUT2D eigenvalue weighted by Crippen LogP contribution is 2.35. The van der Waals surface area contributed by atoms with Gasteiger partial charge in [0.15, 0.2) is 0 Å². The summed E-state index contributed by atoms with van der Waals surface area (Å²) in [5, 5.41) is 4.71. The highest BCUT2D eigenvalue weighted by molar-refractivity contribution is 7.10. The number of thiophene rings is 1. The minimum Gasteiger partial charge on any atom is -0.347 e. The molecule has 0 radical (unpaired) electrons. The van der Waals surface area contributed by atoms with E-state index in [1.807, 2.05) is 35.8 Å². The fourth-order valence-corrected chi connectivity index (χ4v) is 3.95. The topological polar surface area (TPSA) is 37.3 Å². The molecule has 0 saturated heterocycles. The van der Waals surface area contributed by atoms with Crippen molar-refractivity contribution in [3.63, 3.8) is 0 Å². The first-order valence-electron chi connectivity index (χ1n) is 7.74. The number of hydrogen-bond donors (Lipinski definition) is 1. The average Bonchev–Trinajstić information content (AvgIpc) is 3.27. The molecule has 3 heterocycles. The number of urea groups is 1. The van der Waals surface area contributed by atoms with E-state index in [1.165, 1.54) is 6.07 Å². The van der Waals surface area contributed by atoms with E-state index in [-0.39, 0.29) is 17.8 Å². The van der Waals surface area contributed by atoms with Gasteiger partial charge in [-0.05, 0) is 35.7 Å².